The van der Waals surface area contributed by atoms with Gasteiger partial charge in [-0.15, -0.1) is 0 Å². The van der Waals surface area contributed by atoms with E-state index in [-0.39, 0.29) is 11.2 Å². The number of non-ortho nitro benzene ring substituents is 1. The minimum Gasteiger partial charge on any atom is -0.286 e. The third kappa shape index (κ3) is 3.00. The number of aryl methyl sites for hydroxylation is 1. The summed E-state index contributed by atoms with van der Waals surface area (Å²) in [6, 6.07) is 15.2. The van der Waals surface area contributed by atoms with Gasteiger partial charge in [-0.1, -0.05) is 18.2 Å². The van der Waals surface area contributed by atoms with Crippen LogP contribution in [0.4, 0.5) is 11.4 Å². The number of hydrogen-bond acceptors (Lipinski definition) is 4. The highest BCUT2D eigenvalue weighted by atomic mass is 16.6. The highest BCUT2D eigenvalue weighted by Crippen LogP contribution is 2.13. The molecule has 0 bridgehead atoms. The minimum atomic E-state index is -0.462. The summed E-state index contributed by atoms with van der Waals surface area (Å²) in [5, 5.41) is 10.6. The Hall–Kier alpha value is -3.48. The Bertz CT molecular complexity index is 954. The molecule has 0 aliphatic heterocycles. The van der Waals surface area contributed by atoms with E-state index in [1.807, 2.05) is 30.3 Å². The number of nitro benzene ring substituents is 1. The van der Waals surface area contributed by atoms with Crippen molar-refractivity contribution in [1.82, 2.24) is 9.36 Å². The van der Waals surface area contributed by atoms with Crippen LogP contribution >= 0.6 is 0 Å². The summed E-state index contributed by atoms with van der Waals surface area (Å²) in [6.45, 7) is 0. The van der Waals surface area contributed by atoms with E-state index >= 15 is 0 Å². The molecule has 2 aromatic carbocycles. The number of nitro groups is 1. The number of hydrogen-bond donors (Lipinski definition) is 0. The molecule has 0 saturated carbocycles. The number of para-hydroxylation sites is 1. The molecular weight excluding hydrogens is 308 g/mol. The number of benzene rings is 2. The summed E-state index contributed by atoms with van der Waals surface area (Å²) in [5.41, 5.74) is 1.50. The van der Waals surface area contributed by atoms with Crippen molar-refractivity contribution < 1.29 is 4.92 Å². The third-order valence-electron chi connectivity index (χ3n) is 3.49. The first-order chi connectivity index (χ1) is 11.6. The van der Waals surface area contributed by atoms with E-state index in [9.17, 15) is 14.9 Å². The van der Waals surface area contributed by atoms with Crippen molar-refractivity contribution >= 4 is 17.6 Å². The summed E-state index contributed by atoms with van der Waals surface area (Å²) < 4.78 is 3.18. The maximum absolute atomic E-state index is 12.5. The van der Waals surface area contributed by atoms with Gasteiger partial charge in [-0.05, 0) is 29.8 Å². The van der Waals surface area contributed by atoms with Gasteiger partial charge in [0.15, 0.2) is 0 Å². The SMILES string of the molecule is Cn1cc(N=Cc2ccc([N+](=O)[O-])cc2)c(=O)n1-c1ccccc1. The fourth-order valence-corrected chi connectivity index (χ4v) is 2.33. The maximum Gasteiger partial charge on any atom is 0.297 e. The first kappa shape index (κ1) is 15.4. The normalized spacial score (nSPS) is 11.0. The molecule has 3 rings (SSSR count). The van der Waals surface area contributed by atoms with E-state index in [2.05, 4.69) is 4.99 Å². The molecular formula is C17H14N4O3. The number of rotatable bonds is 4. The van der Waals surface area contributed by atoms with Gasteiger partial charge in [-0.3, -0.25) is 19.6 Å². The Labute approximate surface area is 137 Å². The quantitative estimate of drug-likeness (QED) is 0.421. The van der Waals surface area contributed by atoms with Crippen molar-refractivity contribution in [2.45, 2.75) is 0 Å². The molecule has 0 atom stereocenters. The number of aliphatic imine (C=N–C) groups is 1. The van der Waals surface area contributed by atoms with Gasteiger partial charge in [0.05, 0.1) is 16.8 Å². The van der Waals surface area contributed by atoms with Crippen molar-refractivity contribution in [1.29, 1.82) is 0 Å². The second-order valence-electron chi connectivity index (χ2n) is 5.15. The Morgan fingerprint density at radius 2 is 1.75 bits per heavy atom. The lowest BCUT2D eigenvalue weighted by Gasteiger charge is -2.05. The topological polar surface area (TPSA) is 82.4 Å². The van der Waals surface area contributed by atoms with Crippen LogP contribution in [0.25, 0.3) is 5.69 Å². The molecule has 1 aromatic heterocycles. The van der Waals surface area contributed by atoms with Crippen LogP contribution in [0.5, 0.6) is 0 Å². The average molecular weight is 322 g/mol. The summed E-state index contributed by atoms with van der Waals surface area (Å²) in [5.74, 6) is 0. The van der Waals surface area contributed by atoms with Crippen LogP contribution in [0, 0.1) is 10.1 Å². The van der Waals surface area contributed by atoms with Gasteiger partial charge in [0.1, 0.15) is 5.69 Å². The van der Waals surface area contributed by atoms with Gasteiger partial charge in [0, 0.05) is 25.4 Å². The molecule has 0 aliphatic carbocycles. The lowest BCUT2D eigenvalue weighted by atomic mass is 10.2. The maximum atomic E-state index is 12.5. The van der Waals surface area contributed by atoms with E-state index in [0.717, 1.165) is 5.69 Å². The lowest BCUT2D eigenvalue weighted by molar-refractivity contribution is -0.384. The van der Waals surface area contributed by atoms with Crippen LogP contribution < -0.4 is 5.56 Å². The molecule has 3 aromatic rings. The predicted octanol–water partition coefficient (Wildman–Crippen LogP) is 2.83. The third-order valence-corrected chi connectivity index (χ3v) is 3.49. The zero-order valence-electron chi connectivity index (χ0n) is 12.9. The van der Waals surface area contributed by atoms with E-state index in [0.29, 0.717) is 11.3 Å². The summed E-state index contributed by atoms with van der Waals surface area (Å²) in [4.78, 5) is 26.9. The smallest absolute Gasteiger partial charge is 0.286 e. The molecule has 0 N–H and O–H groups in total. The van der Waals surface area contributed by atoms with Crippen LogP contribution in [-0.2, 0) is 7.05 Å². The first-order valence-corrected chi connectivity index (χ1v) is 7.19. The van der Waals surface area contributed by atoms with Crippen LogP contribution in [-0.4, -0.2) is 20.5 Å². The largest absolute Gasteiger partial charge is 0.297 e. The first-order valence-electron chi connectivity index (χ1n) is 7.19. The van der Waals surface area contributed by atoms with Crippen LogP contribution in [0.15, 0.2) is 70.6 Å². The predicted molar refractivity (Wildman–Crippen MR) is 91.4 cm³/mol. The summed E-state index contributed by atoms with van der Waals surface area (Å²) in [6.07, 6.45) is 3.15. The Morgan fingerprint density at radius 3 is 2.38 bits per heavy atom. The summed E-state index contributed by atoms with van der Waals surface area (Å²) >= 11 is 0. The monoisotopic (exact) mass is 322 g/mol. The molecule has 120 valence electrons. The molecule has 0 radical (unpaired) electrons. The van der Waals surface area contributed by atoms with Crippen molar-refractivity contribution in [3.05, 3.63) is 86.8 Å². The lowest BCUT2D eigenvalue weighted by Crippen LogP contribution is -2.18. The highest BCUT2D eigenvalue weighted by Gasteiger charge is 2.09. The zero-order valence-corrected chi connectivity index (χ0v) is 12.9. The van der Waals surface area contributed by atoms with Crippen molar-refractivity contribution in [2.75, 3.05) is 0 Å². The number of aromatic nitrogens is 2. The Morgan fingerprint density at radius 1 is 1.08 bits per heavy atom. The fourth-order valence-electron chi connectivity index (χ4n) is 2.33. The average Bonchev–Trinajstić information content (AvgIpc) is 2.88. The second kappa shape index (κ2) is 6.33. The van der Waals surface area contributed by atoms with Gasteiger partial charge >= 0.3 is 0 Å². The zero-order chi connectivity index (χ0) is 17.1. The number of nitrogens with zero attached hydrogens (tertiary/aromatic N) is 4. The molecule has 7 nitrogen and oxygen atoms in total. The fraction of sp³-hybridized carbons (Fsp3) is 0.0588. The van der Waals surface area contributed by atoms with E-state index in [1.165, 1.54) is 23.0 Å². The van der Waals surface area contributed by atoms with Crippen LogP contribution in [0.2, 0.25) is 0 Å². The molecule has 0 fully saturated rings. The molecule has 1 heterocycles. The van der Waals surface area contributed by atoms with Crippen LogP contribution in [0.1, 0.15) is 5.56 Å². The van der Waals surface area contributed by atoms with E-state index in [4.69, 9.17) is 0 Å². The second-order valence-corrected chi connectivity index (χ2v) is 5.15. The molecule has 0 aliphatic rings. The van der Waals surface area contributed by atoms with Crippen molar-refractivity contribution in [3.63, 3.8) is 0 Å². The summed E-state index contributed by atoms with van der Waals surface area (Å²) in [7, 11) is 1.76. The van der Waals surface area contributed by atoms with Crippen molar-refractivity contribution in [2.24, 2.45) is 12.0 Å². The molecule has 24 heavy (non-hydrogen) atoms. The van der Waals surface area contributed by atoms with E-state index < -0.39 is 4.92 Å². The molecule has 7 heteroatoms. The van der Waals surface area contributed by atoms with Crippen LogP contribution in [0.3, 0.4) is 0 Å². The van der Waals surface area contributed by atoms with E-state index in [1.54, 1.807) is 30.1 Å². The Balaban J connectivity index is 1.91. The Kier molecular flexibility index (Phi) is 4.07. The van der Waals surface area contributed by atoms with Gasteiger partial charge in [0.2, 0.25) is 0 Å². The van der Waals surface area contributed by atoms with Gasteiger partial charge in [-0.2, -0.15) is 0 Å². The molecule has 0 amide bonds. The van der Waals surface area contributed by atoms with Gasteiger partial charge in [-0.25, -0.2) is 9.67 Å². The van der Waals surface area contributed by atoms with Gasteiger partial charge < -0.3 is 0 Å². The van der Waals surface area contributed by atoms with Gasteiger partial charge in [0.25, 0.3) is 11.2 Å². The minimum absolute atomic E-state index is 0.0123. The molecule has 0 saturated heterocycles. The highest BCUT2D eigenvalue weighted by molar-refractivity contribution is 5.82. The molecule has 0 spiro atoms. The molecule has 0 unspecified atom stereocenters. The van der Waals surface area contributed by atoms with Crippen molar-refractivity contribution in [3.8, 4) is 5.69 Å². The standard InChI is InChI=1S/C17H14N4O3/c1-19-12-16(17(22)20(19)14-5-3-2-4-6-14)18-11-13-7-9-15(10-8-13)21(23)24/h2-12H,1H3.